The first-order valence-electron chi connectivity index (χ1n) is 22.0. The van der Waals surface area contributed by atoms with E-state index in [1.54, 1.807) is 27.1 Å². The molecule has 5 heterocycles. The minimum atomic E-state index is -0.817. The highest BCUT2D eigenvalue weighted by Gasteiger charge is 2.56. The number of ether oxygens (including phenoxy) is 3. The van der Waals surface area contributed by atoms with Gasteiger partial charge in [-0.05, 0) is 74.1 Å². The molecule has 5 amide bonds. The predicted molar refractivity (Wildman–Crippen MR) is 238 cm³/mol. The van der Waals surface area contributed by atoms with Gasteiger partial charge in [-0.3, -0.25) is 9.59 Å². The molecular weight excluding hydrogens is 819 g/mol. The van der Waals surface area contributed by atoms with Crippen LogP contribution in [0.5, 0.6) is 0 Å². The first kappa shape index (κ1) is 45.6. The molecule has 0 saturated carbocycles. The van der Waals surface area contributed by atoms with E-state index in [4.69, 9.17) is 19.2 Å². The number of imidazole rings is 2. The molecule has 4 aromatic rings. The van der Waals surface area contributed by atoms with Crippen molar-refractivity contribution in [3.8, 4) is 33.6 Å². The molecule has 2 aromatic heterocycles. The summed E-state index contributed by atoms with van der Waals surface area (Å²) in [5, 5.41) is 5.42. The number of benzene rings is 2. The summed E-state index contributed by atoms with van der Waals surface area (Å²) >= 11 is 0. The molecule has 17 heteroatoms. The number of likely N-dealkylation sites (tertiary alicyclic amines) is 3. The monoisotopic (exact) mass is 879 g/mol. The van der Waals surface area contributed by atoms with Crippen LogP contribution >= 0.6 is 0 Å². The maximum atomic E-state index is 14.2. The van der Waals surface area contributed by atoms with E-state index >= 15 is 0 Å². The normalized spacial score (nSPS) is 19.1. The van der Waals surface area contributed by atoms with Crippen molar-refractivity contribution in [2.75, 3.05) is 40.4 Å². The quantitative estimate of drug-likeness (QED) is 0.113. The van der Waals surface area contributed by atoms with Gasteiger partial charge in [-0.25, -0.2) is 24.4 Å². The van der Waals surface area contributed by atoms with E-state index in [-0.39, 0.29) is 41.2 Å². The third-order valence-corrected chi connectivity index (χ3v) is 12.4. The predicted octanol–water partition coefficient (Wildman–Crippen LogP) is 7.07. The van der Waals surface area contributed by atoms with E-state index in [0.717, 1.165) is 46.5 Å². The lowest BCUT2D eigenvalue weighted by Crippen LogP contribution is -2.61. The SMILES string of the molecule is COC(=O)NC(C(=O)N1CCCC1c1ncc(-c2ccc(-c3ccc(-c4cnc(C5CC6(CN(C(=O)OC(C)(C)C)C6)CN5C(=O)C(NC(=O)OC)C(C)C)[nH]4)cc3)cc2)[nH]1)C(C)C. The maximum Gasteiger partial charge on any atom is 0.410 e. The van der Waals surface area contributed by atoms with Gasteiger partial charge in [-0.15, -0.1) is 0 Å². The van der Waals surface area contributed by atoms with E-state index in [1.165, 1.54) is 14.2 Å². The van der Waals surface area contributed by atoms with Gasteiger partial charge in [0.15, 0.2) is 0 Å². The number of aromatic nitrogens is 4. The summed E-state index contributed by atoms with van der Waals surface area (Å²) in [6.45, 7) is 14.9. The molecule has 4 unspecified atom stereocenters. The van der Waals surface area contributed by atoms with Crippen LogP contribution in [0, 0.1) is 17.3 Å². The molecule has 3 saturated heterocycles. The van der Waals surface area contributed by atoms with E-state index in [0.29, 0.717) is 44.2 Å². The molecule has 0 aliphatic carbocycles. The summed E-state index contributed by atoms with van der Waals surface area (Å²) in [5.74, 6) is 0.611. The average Bonchev–Trinajstić information content (AvgIpc) is 4.09. The van der Waals surface area contributed by atoms with Crippen LogP contribution in [-0.2, 0) is 23.8 Å². The Bertz CT molecular complexity index is 2330. The number of nitrogens with one attached hydrogen (secondary N) is 4. The summed E-state index contributed by atoms with van der Waals surface area (Å²) in [4.78, 5) is 86.7. The first-order chi connectivity index (χ1) is 30.4. The maximum absolute atomic E-state index is 14.2. The highest BCUT2D eigenvalue weighted by Crippen LogP contribution is 2.49. The standard InChI is InChI=1S/C47H61N9O8/c1-27(2)37(52-43(59)62-8)41(57)55-20-10-11-35(55)39-48-22-33(50-39)31-16-12-29(13-17-31)30-14-18-32(19-15-30)34-23-49-40(51-34)36-21-47(24-54(25-47)45(61)64-46(5,6)7)26-56(36)42(58)38(28(3)4)53-44(60)63-9/h12-19,22-23,27-28,35-38H,10-11,20-21,24-26H2,1-9H3,(H,48,50)(H,49,51)(H,52,59)(H,53,60). The van der Waals surface area contributed by atoms with Gasteiger partial charge >= 0.3 is 18.3 Å². The largest absolute Gasteiger partial charge is 0.453 e. The van der Waals surface area contributed by atoms with E-state index < -0.39 is 35.9 Å². The number of H-pyrrole nitrogens is 2. The zero-order valence-corrected chi connectivity index (χ0v) is 38.2. The van der Waals surface area contributed by atoms with Crippen LogP contribution in [0.4, 0.5) is 14.4 Å². The molecule has 3 aliphatic heterocycles. The number of hydrogen-bond donors (Lipinski definition) is 4. The van der Waals surface area contributed by atoms with Gasteiger partial charge in [0, 0.05) is 31.6 Å². The van der Waals surface area contributed by atoms with Gasteiger partial charge in [-0.1, -0.05) is 76.2 Å². The van der Waals surface area contributed by atoms with Gasteiger partial charge in [0.25, 0.3) is 0 Å². The van der Waals surface area contributed by atoms with Crippen molar-refractivity contribution in [2.24, 2.45) is 17.3 Å². The number of nitrogens with zero attached hydrogens (tertiary/aromatic N) is 5. The Morgan fingerprint density at radius 3 is 1.59 bits per heavy atom. The minimum absolute atomic E-state index is 0.120. The Balaban J connectivity index is 1.04. The molecular formula is C47H61N9O8. The summed E-state index contributed by atoms with van der Waals surface area (Å²) in [6, 6.07) is 14.2. The Morgan fingerprint density at radius 2 is 1.14 bits per heavy atom. The summed E-state index contributed by atoms with van der Waals surface area (Å²) in [6.07, 6.45) is 4.04. The second kappa shape index (κ2) is 18.4. The van der Waals surface area contributed by atoms with Crippen molar-refractivity contribution in [3.05, 3.63) is 72.6 Å². The summed E-state index contributed by atoms with van der Waals surface area (Å²) < 4.78 is 15.2. The fourth-order valence-corrected chi connectivity index (χ4v) is 9.04. The molecule has 0 bridgehead atoms. The number of aromatic amines is 2. The van der Waals surface area contributed by atoms with Crippen LogP contribution in [0.2, 0.25) is 0 Å². The summed E-state index contributed by atoms with van der Waals surface area (Å²) in [7, 11) is 2.55. The molecule has 4 atom stereocenters. The molecule has 64 heavy (non-hydrogen) atoms. The number of amides is 5. The van der Waals surface area contributed by atoms with Crippen molar-refractivity contribution in [3.63, 3.8) is 0 Å². The Labute approximate surface area is 374 Å². The van der Waals surface area contributed by atoms with Gasteiger partial charge in [0.1, 0.15) is 29.3 Å². The molecule has 3 fully saturated rings. The van der Waals surface area contributed by atoms with Crippen LogP contribution in [0.3, 0.4) is 0 Å². The molecule has 0 radical (unpaired) electrons. The van der Waals surface area contributed by atoms with Gasteiger partial charge in [0.05, 0.1) is 50.1 Å². The molecule has 2 aromatic carbocycles. The fourth-order valence-electron chi connectivity index (χ4n) is 9.04. The highest BCUT2D eigenvalue weighted by atomic mass is 16.6. The van der Waals surface area contributed by atoms with Crippen LogP contribution in [-0.4, -0.2) is 123 Å². The molecule has 1 spiro atoms. The number of methoxy groups -OCH3 is 2. The summed E-state index contributed by atoms with van der Waals surface area (Å²) in [5.41, 5.74) is 4.57. The number of carbonyl (C=O) groups is 5. The lowest BCUT2D eigenvalue weighted by Gasteiger charge is -2.47. The molecule has 7 rings (SSSR count). The Hall–Kier alpha value is -6.39. The van der Waals surface area contributed by atoms with Crippen LogP contribution in [0.1, 0.15) is 91.5 Å². The van der Waals surface area contributed by atoms with Crippen molar-refractivity contribution >= 4 is 30.1 Å². The van der Waals surface area contributed by atoms with Gasteiger partial charge in [-0.2, -0.15) is 0 Å². The Morgan fingerprint density at radius 1 is 0.688 bits per heavy atom. The smallest absolute Gasteiger partial charge is 0.410 e. The van der Waals surface area contributed by atoms with Crippen molar-refractivity contribution in [1.29, 1.82) is 0 Å². The lowest BCUT2D eigenvalue weighted by molar-refractivity contribution is -0.136. The minimum Gasteiger partial charge on any atom is -0.453 e. The molecule has 4 N–H and O–H groups in total. The highest BCUT2D eigenvalue weighted by molar-refractivity contribution is 5.87. The van der Waals surface area contributed by atoms with Crippen LogP contribution in [0.15, 0.2) is 60.9 Å². The van der Waals surface area contributed by atoms with Crippen LogP contribution in [0.25, 0.3) is 33.6 Å². The van der Waals surface area contributed by atoms with Crippen molar-refractivity contribution < 1.29 is 38.2 Å². The third-order valence-electron chi connectivity index (χ3n) is 12.4. The number of alkyl carbamates (subject to hydrolysis) is 2. The molecule has 342 valence electrons. The zero-order valence-electron chi connectivity index (χ0n) is 38.2. The van der Waals surface area contributed by atoms with Crippen LogP contribution < -0.4 is 10.6 Å². The lowest BCUT2D eigenvalue weighted by atomic mass is 9.78. The number of rotatable bonds is 11. The average molecular weight is 880 g/mol. The van der Waals surface area contributed by atoms with Gasteiger partial charge in [0.2, 0.25) is 11.8 Å². The van der Waals surface area contributed by atoms with Crippen molar-refractivity contribution in [2.45, 2.75) is 97.5 Å². The molecule has 3 aliphatic rings. The van der Waals surface area contributed by atoms with Crippen molar-refractivity contribution in [1.82, 2.24) is 45.3 Å². The topological polar surface area (TPSA) is 204 Å². The number of hydrogen-bond acceptors (Lipinski definition) is 10. The first-order valence-corrected chi connectivity index (χ1v) is 22.0. The molecule has 17 nitrogen and oxygen atoms in total. The Kier molecular flexibility index (Phi) is 13.1. The van der Waals surface area contributed by atoms with E-state index in [2.05, 4.69) is 49.9 Å². The van der Waals surface area contributed by atoms with E-state index in [1.807, 2.05) is 72.7 Å². The van der Waals surface area contributed by atoms with Gasteiger partial charge < -0.3 is 49.5 Å². The second-order valence-electron chi connectivity index (χ2n) is 18.9. The fraction of sp³-hybridized carbons (Fsp3) is 0.511. The number of carbonyl (C=O) groups excluding carboxylic acids is 5. The third kappa shape index (κ3) is 9.72. The zero-order chi connectivity index (χ0) is 46.1. The second-order valence-corrected chi connectivity index (χ2v) is 18.9. The van der Waals surface area contributed by atoms with E-state index in [9.17, 15) is 24.0 Å².